The molecule has 0 amide bonds. The number of nitrogens with one attached hydrogen (secondary N) is 1. The number of rotatable bonds is 9. The zero-order valence-electron chi connectivity index (χ0n) is 12.8. The zero-order chi connectivity index (χ0) is 13.9. The predicted molar refractivity (Wildman–Crippen MR) is 86.3 cm³/mol. The van der Waals surface area contributed by atoms with Gasteiger partial charge < -0.3 is 10.2 Å². The number of anilines is 1. The van der Waals surface area contributed by atoms with Gasteiger partial charge in [-0.2, -0.15) is 0 Å². The molecule has 0 aliphatic heterocycles. The molecule has 3 rings (SSSR count). The molecule has 0 aromatic carbocycles. The van der Waals surface area contributed by atoms with Gasteiger partial charge in [0.2, 0.25) is 0 Å². The highest BCUT2D eigenvalue weighted by Gasteiger charge is 2.30. The second-order valence-corrected chi connectivity index (χ2v) is 8.02. The molecule has 3 nitrogen and oxygen atoms in total. The van der Waals surface area contributed by atoms with Crippen LogP contribution in [-0.4, -0.2) is 24.6 Å². The van der Waals surface area contributed by atoms with E-state index in [1.165, 1.54) is 48.8 Å². The van der Waals surface area contributed by atoms with Crippen molar-refractivity contribution in [2.45, 2.75) is 46.1 Å². The average Bonchev–Trinajstić information content (AvgIpc) is 3.32. The largest absolute Gasteiger partial charge is 0.348 e. The van der Waals surface area contributed by atoms with Crippen LogP contribution < -0.4 is 10.2 Å². The fourth-order valence-electron chi connectivity index (χ4n) is 2.46. The van der Waals surface area contributed by atoms with E-state index in [-0.39, 0.29) is 0 Å². The molecule has 2 aliphatic rings. The molecule has 1 aromatic heterocycles. The SMILES string of the molecule is CC(C)CNCc1cnc(N(CC2CC2)CC2CC2)s1. The maximum Gasteiger partial charge on any atom is 0.185 e. The Morgan fingerprint density at radius 1 is 1.25 bits per heavy atom. The van der Waals surface area contributed by atoms with Crippen molar-refractivity contribution < 1.29 is 0 Å². The average molecular weight is 293 g/mol. The topological polar surface area (TPSA) is 28.2 Å². The van der Waals surface area contributed by atoms with Gasteiger partial charge in [0.05, 0.1) is 0 Å². The van der Waals surface area contributed by atoms with Crippen molar-refractivity contribution in [2.24, 2.45) is 17.8 Å². The fraction of sp³-hybridized carbons (Fsp3) is 0.812. The van der Waals surface area contributed by atoms with E-state index in [9.17, 15) is 0 Å². The summed E-state index contributed by atoms with van der Waals surface area (Å²) < 4.78 is 0. The Morgan fingerprint density at radius 2 is 1.90 bits per heavy atom. The van der Waals surface area contributed by atoms with E-state index in [0.717, 1.165) is 24.9 Å². The van der Waals surface area contributed by atoms with Crippen molar-refractivity contribution in [3.8, 4) is 0 Å². The molecule has 112 valence electrons. The Hall–Kier alpha value is -0.610. The molecule has 20 heavy (non-hydrogen) atoms. The van der Waals surface area contributed by atoms with Crippen molar-refractivity contribution in [2.75, 3.05) is 24.5 Å². The van der Waals surface area contributed by atoms with Gasteiger partial charge in [-0.15, -0.1) is 11.3 Å². The molecule has 0 bridgehead atoms. The summed E-state index contributed by atoms with van der Waals surface area (Å²) in [5.74, 6) is 2.60. The first kappa shape index (κ1) is 14.3. The summed E-state index contributed by atoms with van der Waals surface area (Å²) in [4.78, 5) is 8.61. The summed E-state index contributed by atoms with van der Waals surface area (Å²) in [7, 11) is 0. The number of hydrogen-bond donors (Lipinski definition) is 1. The Morgan fingerprint density at radius 3 is 2.45 bits per heavy atom. The summed E-state index contributed by atoms with van der Waals surface area (Å²) in [5, 5.41) is 4.77. The molecule has 4 heteroatoms. The highest BCUT2D eigenvalue weighted by Crippen LogP contribution is 2.36. The van der Waals surface area contributed by atoms with E-state index in [2.05, 4.69) is 35.2 Å². The standard InChI is InChI=1S/C16H27N3S/c1-12(2)7-17-8-15-9-18-16(20-15)19(10-13-3-4-13)11-14-5-6-14/h9,12-14,17H,3-8,10-11H2,1-2H3. The van der Waals surface area contributed by atoms with Gasteiger partial charge >= 0.3 is 0 Å². The number of hydrogen-bond acceptors (Lipinski definition) is 4. The lowest BCUT2D eigenvalue weighted by molar-refractivity contribution is 0.554. The van der Waals surface area contributed by atoms with Crippen LogP contribution in [0, 0.1) is 17.8 Å². The molecule has 2 aliphatic carbocycles. The highest BCUT2D eigenvalue weighted by molar-refractivity contribution is 7.15. The first-order valence-corrected chi connectivity index (χ1v) is 8.92. The monoisotopic (exact) mass is 293 g/mol. The Balaban J connectivity index is 1.54. The van der Waals surface area contributed by atoms with E-state index in [0.29, 0.717) is 5.92 Å². The quantitative estimate of drug-likeness (QED) is 0.755. The van der Waals surface area contributed by atoms with Crippen molar-refractivity contribution in [1.82, 2.24) is 10.3 Å². The minimum atomic E-state index is 0.712. The van der Waals surface area contributed by atoms with E-state index in [1.807, 2.05) is 11.3 Å². The van der Waals surface area contributed by atoms with Crippen LogP contribution in [0.4, 0.5) is 5.13 Å². The normalized spacial score (nSPS) is 18.8. The molecule has 1 N–H and O–H groups in total. The molecule has 0 atom stereocenters. The molecule has 2 saturated carbocycles. The van der Waals surface area contributed by atoms with E-state index in [4.69, 9.17) is 0 Å². The van der Waals surface area contributed by atoms with Crippen LogP contribution in [0.5, 0.6) is 0 Å². The molecule has 1 aromatic rings. The number of nitrogens with zero attached hydrogens (tertiary/aromatic N) is 2. The second kappa shape index (κ2) is 6.44. The Labute approximate surface area is 126 Å². The fourth-order valence-corrected chi connectivity index (χ4v) is 3.36. The second-order valence-electron chi connectivity index (χ2n) is 6.93. The summed E-state index contributed by atoms with van der Waals surface area (Å²) in [6, 6.07) is 0. The molecule has 0 unspecified atom stereocenters. The van der Waals surface area contributed by atoms with Crippen LogP contribution in [0.15, 0.2) is 6.20 Å². The van der Waals surface area contributed by atoms with Gasteiger partial charge in [0.15, 0.2) is 5.13 Å². The summed E-state index contributed by atoms with van der Waals surface area (Å²) in [5.41, 5.74) is 0. The third-order valence-corrected chi connectivity index (χ3v) is 5.07. The number of aromatic nitrogens is 1. The molecule has 1 heterocycles. The Bertz CT molecular complexity index is 407. The molecular formula is C16H27N3S. The number of thiazole rings is 1. The van der Waals surface area contributed by atoms with E-state index >= 15 is 0 Å². The maximum absolute atomic E-state index is 4.68. The Kier molecular flexibility index (Phi) is 4.61. The van der Waals surface area contributed by atoms with Crippen LogP contribution in [0.1, 0.15) is 44.4 Å². The van der Waals surface area contributed by atoms with Gasteiger partial charge in [-0.3, -0.25) is 0 Å². The van der Waals surface area contributed by atoms with Crippen molar-refractivity contribution in [3.63, 3.8) is 0 Å². The minimum absolute atomic E-state index is 0.712. The zero-order valence-corrected chi connectivity index (χ0v) is 13.6. The van der Waals surface area contributed by atoms with Gasteiger partial charge in [0.25, 0.3) is 0 Å². The van der Waals surface area contributed by atoms with Gasteiger partial charge in [0.1, 0.15) is 0 Å². The smallest absolute Gasteiger partial charge is 0.185 e. The first-order chi connectivity index (χ1) is 9.70. The lowest BCUT2D eigenvalue weighted by Gasteiger charge is -2.21. The first-order valence-electron chi connectivity index (χ1n) is 8.11. The van der Waals surface area contributed by atoms with Gasteiger partial charge in [-0.05, 0) is 50.0 Å². The van der Waals surface area contributed by atoms with Crippen LogP contribution in [-0.2, 0) is 6.54 Å². The van der Waals surface area contributed by atoms with Gasteiger partial charge in [-0.1, -0.05) is 13.8 Å². The third-order valence-electron chi connectivity index (χ3n) is 4.01. The molecule has 0 saturated heterocycles. The molecule has 0 spiro atoms. The van der Waals surface area contributed by atoms with E-state index in [1.54, 1.807) is 0 Å². The van der Waals surface area contributed by atoms with Crippen molar-refractivity contribution in [3.05, 3.63) is 11.1 Å². The van der Waals surface area contributed by atoms with Crippen LogP contribution >= 0.6 is 11.3 Å². The van der Waals surface area contributed by atoms with E-state index < -0.39 is 0 Å². The summed E-state index contributed by atoms with van der Waals surface area (Å²) >= 11 is 1.88. The lowest BCUT2D eigenvalue weighted by atomic mass is 10.2. The van der Waals surface area contributed by atoms with Crippen molar-refractivity contribution in [1.29, 1.82) is 0 Å². The highest BCUT2D eigenvalue weighted by atomic mass is 32.1. The van der Waals surface area contributed by atoms with Crippen LogP contribution in [0.3, 0.4) is 0 Å². The van der Waals surface area contributed by atoms with Crippen LogP contribution in [0.25, 0.3) is 0 Å². The molecule has 2 fully saturated rings. The van der Waals surface area contributed by atoms with Crippen LogP contribution in [0.2, 0.25) is 0 Å². The lowest BCUT2D eigenvalue weighted by Crippen LogP contribution is -2.27. The molecular weight excluding hydrogens is 266 g/mol. The maximum atomic E-state index is 4.68. The van der Waals surface area contributed by atoms with Gasteiger partial charge in [0, 0.05) is 30.7 Å². The third kappa shape index (κ3) is 4.45. The minimum Gasteiger partial charge on any atom is -0.348 e. The summed E-state index contributed by atoms with van der Waals surface area (Å²) in [6.45, 7) is 9.03. The molecule has 0 radical (unpaired) electrons. The predicted octanol–water partition coefficient (Wildman–Crippen LogP) is 3.52. The van der Waals surface area contributed by atoms with Crippen molar-refractivity contribution >= 4 is 16.5 Å². The summed E-state index contributed by atoms with van der Waals surface area (Å²) in [6.07, 6.45) is 7.77. The van der Waals surface area contributed by atoms with Gasteiger partial charge in [-0.25, -0.2) is 4.98 Å².